The molecule has 2 aliphatic rings. The highest BCUT2D eigenvalue weighted by Crippen LogP contribution is 2.41. The van der Waals surface area contributed by atoms with Crippen LogP contribution in [-0.2, 0) is 22.6 Å². The van der Waals surface area contributed by atoms with Crippen molar-refractivity contribution in [2.45, 2.75) is 32.0 Å². The van der Waals surface area contributed by atoms with Crippen LogP contribution in [0.1, 0.15) is 35.2 Å². The molecule has 0 bridgehead atoms. The van der Waals surface area contributed by atoms with Crippen molar-refractivity contribution in [1.82, 2.24) is 9.88 Å². The summed E-state index contributed by atoms with van der Waals surface area (Å²) >= 11 is 3.48. The van der Waals surface area contributed by atoms with Gasteiger partial charge in [0, 0.05) is 35.4 Å². The van der Waals surface area contributed by atoms with E-state index < -0.39 is 17.7 Å². The van der Waals surface area contributed by atoms with Crippen molar-refractivity contribution in [1.29, 1.82) is 0 Å². The Morgan fingerprint density at radius 2 is 1.94 bits per heavy atom. The summed E-state index contributed by atoms with van der Waals surface area (Å²) in [6.07, 6.45) is 4.08. The summed E-state index contributed by atoms with van der Waals surface area (Å²) in [5.74, 6) is -0.744. The number of ketones is 1. The third-order valence-corrected chi connectivity index (χ3v) is 6.47. The fraction of sp³-hybridized carbons (Fsp3) is 0.192. The van der Waals surface area contributed by atoms with E-state index in [9.17, 15) is 14.7 Å². The molecule has 2 aliphatic heterocycles. The van der Waals surface area contributed by atoms with Gasteiger partial charge in [-0.3, -0.25) is 14.6 Å². The maximum Gasteiger partial charge on any atom is 0.295 e. The van der Waals surface area contributed by atoms with Gasteiger partial charge < -0.3 is 14.7 Å². The Balaban J connectivity index is 1.64. The molecule has 7 heteroatoms. The highest BCUT2D eigenvalue weighted by atomic mass is 79.9. The van der Waals surface area contributed by atoms with Crippen LogP contribution in [0.15, 0.2) is 77.0 Å². The Hall–Kier alpha value is -3.45. The smallest absolute Gasteiger partial charge is 0.295 e. The number of ether oxygens (including phenoxy) is 1. The number of carbonyl (C=O) groups excluding carboxylic acids is 2. The van der Waals surface area contributed by atoms with Gasteiger partial charge >= 0.3 is 0 Å². The molecule has 1 N–H and O–H groups in total. The molecule has 0 saturated carbocycles. The van der Waals surface area contributed by atoms with Gasteiger partial charge in [0.25, 0.3) is 11.7 Å². The number of likely N-dealkylation sites (tertiary alicyclic amines) is 1. The molecule has 5 rings (SSSR count). The van der Waals surface area contributed by atoms with Gasteiger partial charge in [0.15, 0.2) is 0 Å². The third-order valence-electron chi connectivity index (χ3n) is 5.98. The third kappa shape index (κ3) is 3.93. The lowest BCUT2D eigenvalue weighted by atomic mass is 9.94. The summed E-state index contributed by atoms with van der Waals surface area (Å²) in [5, 5.41) is 11.3. The van der Waals surface area contributed by atoms with E-state index in [4.69, 9.17) is 4.74 Å². The van der Waals surface area contributed by atoms with Gasteiger partial charge in [-0.15, -0.1) is 0 Å². The summed E-state index contributed by atoms with van der Waals surface area (Å²) < 4.78 is 6.57. The average Bonchev–Trinajstić information content (AvgIpc) is 3.30. The van der Waals surface area contributed by atoms with E-state index in [0.717, 1.165) is 33.3 Å². The fourth-order valence-electron chi connectivity index (χ4n) is 4.48. The van der Waals surface area contributed by atoms with Crippen molar-refractivity contribution in [3.05, 3.63) is 99.3 Å². The number of halogens is 1. The van der Waals surface area contributed by atoms with Crippen molar-refractivity contribution >= 4 is 33.4 Å². The second-order valence-electron chi connectivity index (χ2n) is 8.29. The van der Waals surface area contributed by atoms with Crippen molar-refractivity contribution in [3.8, 4) is 5.75 Å². The van der Waals surface area contributed by atoms with Crippen molar-refractivity contribution in [2.75, 3.05) is 0 Å². The number of pyridine rings is 1. The average molecular weight is 505 g/mol. The number of hydrogen-bond acceptors (Lipinski definition) is 5. The minimum atomic E-state index is -0.723. The Labute approximate surface area is 199 Å². The molecular formula is C26H21BrN2O4. The second kappa shape index (κ2) is 8.48. The number of Topliss-reactive ketones (excluding diaryl/α,β-unsaturated/α-hetero) is 1. The van der Waals surface area contributed by atoms with Crippen molar-refractivity contribution < 1.29 is 19.4 Å². The molecular weight excluding hydrogens is 484 g/mol. The van der Waals surface area contributed by atoms with Crippen LogP contribution in [0.2, 0.25) is 0 Å². The van der Waals surface area contributed by atoms with Crippen LogP contribution in [0.4, 0.5) is 0 Å². The largest absolute Gasteiger partial charge is 0.507 e. The van der Waals surface area contributed by atoms with E-state index >= 15 is 0 Å². The molecule has 2 unspecified atom stereocenters. The van der Waals surface area contributed by atoms with Crippen LogP contribution < -0.4 is 4.74 Å². The van der Waals surface area contributed by atoms with Gasteiger partial charge in [-0.1, -0.05) is 28.1 Å². The molecule has 166 valence electrons. The first-order chi connectivity index (χ1) is 15.9. The van der Waals surface area contributed by atoms with Gasteiger partial charge in [-0.2, -0.15) is 0 Å². The normalized spacial score (nSPS) is 21.2. The number of aliphatic hydroxyl groups excluding tert-OH is 1. The SMILES string of the molecule is CC1Cc2cc(/C(O)=C3\C(=O)C(=O)N(Cc4ccncc4)C3c3cccc(Br)c3)ccc2O1. The topological polar surface area (TPSA) is 79.7 Å². The molecule has 0 radical (unpaired) electrons. The van der Waals surface area contributed by atoms with Gasteiger partial charge in [-0.05, 0) is 66.1 Å². The number of benzene rings is 2. The molecule has 3 aromatic rings. The maximum atomic E-state index is 13.2. The fourth-order valence-corrected chi connectivity index (χ4v) is 4.89. The zero-order valence-electron chi connectivity index (χ0n) is 17.9. The van der Waals surface area contributed by atoms with Crippen LogP contribution in [0.25, 0.3) is 5.76 Å². The number of carbonyl (C=O) groups is 2. The van der Waals surface area contributed by atoms with E-state index in [1.54, 1.807) is 36.7 Å². The number of rotatable bonds is 4. The maximum absolute atomic E-state index is 13.2. The van der Waals surface area contributed by atoms with E-state index in [2.05, 4.69) is 20.9 Å². The highest BCUT2D eigenvalue weighted by molar-refractivity contribution is 9.10. The molecule has 1 aromatic heterocycles. The van der Waals surface area contributed by atoms with Gasteiger partial charge in [-0.25, -0.2) is 0 Å². The summed E-state index contributed by atoms with van der Waals surface area (Å²) in [4.78, 5) is 31.9. The lowest BCUT2D eigenvalue weighted by molar-refractivity contribution is -0.140. The molecule has 0 aliphatic carbocycles. The second-order valence-corrected chi connectivity index (χ2v) is 9.21. The Kier molecular flexibility index (Phi) is 5.50. The number of amides is 1. The van der Waals surface area contributed by atoms with Gasteiger partial charge in [0.2, 0.25) is 0 Å². The first-order valence-corrected chi connectivity index (χ1v) is 11.4. The standard InChI is InChI=1S/C26H21BrN2O4/c1-15-11-19-12-18(5-6-21(19)33-15)24(30)22-23(17-3-2-4-20(27)13-17)29(26(32)25(22)31)14-16-7-9-28-10-8-16/h2-10,12-13,15,23,30H,11,14H2,1H3/b24-22+. The number of nitrogens with zero attached hydrogens (tertiary/aromatic N) is 2. The predicted molar refractivity (Wildman–Crippen MR) is 126 cm³/mol. The van der Waals surface area contributed by atoms with Crippen LogP contribution in [0.5, 0.6) is 5.75 Å². The van der Waals surface area contributed by atoms with Gasteiger partial charge in [0.05, 0.1) is 11.6 Å². The Bertz CT molecular complexity index is 1290. The highest BCUT2D eigenvalue weighted by Gasteiger charge is 2.46. The van der Waals surface area contributed by atoms with E-state index in [1.807, 2.05) is 37.3 Å². The number of aliphatic hydroxyl groups is 1. The lowest BCUT2D eigenvalue weighted by Crippen LogP contribution is -2.29. The van der Waals surface area contributed by atoms with Crippen molar-refractivity contribution in [3.63, 3.8) is 0 Å². The molecule has 6 nitrogen and oxygen atoms in total. The van der Waals surface area contributed by atoms with Crippen molar-refractivity contribution in [2.24, 2.45) is 0 Å². The number of hydrogen-bond donors (Lipinski definition) is 1. The van der Waals surface area contributed by atoms with E-state index in [0.29, 0.717) is 5.56 Å². The molecule has 2 atom stereocenters. The molecule has 2 aromatic carbocycles. The van der Waals surface area contributed by atoms with Gasteiger partial charge in [0.1, 0.15) is 17.6 Å². The molecule has 3 heterocycles. The number of aromatic nitrogens is 1. The minimum absolute atomic E-state index is 0.0602. The summed E-state index contributed by atoms with van der Waals surface area (Å²) in [7, 11) is 0. The molecule has 1 amide bonds. The zero-order chi connectivity index (χ0) is 23.1. The van der Waals surface area contributed by atoms with Crippen LogP contribution in [0.3, 0.4) is 0 Å². The zero-order valence-corrected chi connectivity index (χ0v) is 19.5. The predicted octanol–water partition coefficient (Wildman–Crippen LogP) is 4.79. The van der Waals surface area contributed by atoms with Crippen LogP contribution >= 0.6 is 15.9 Å². The van der Waals surface area contributed by atoms with E-state index in [-0.39, 0.29) is 24.0 Å². The molecule has 0 spiro atoms. The Morgan fingerprint density at radius 3 is 2.70 bits per heavy atom. The molecule has 1 saturated heterocycles. The molecule has 1 fully saturated rings. The summed E-state index contributed by atoms with van der Waals surface area (Å²) in [6, 6.07) is 15.7. The Morgan fingerprint density at radius 1 is 1.15 bits per heavy atom. The first-order valence-electron chi connectivity index (χ1n) is 10.6. The lowest BCUT2D eigenvalue weighted by Gasteiger charge is -2.25. The summed E-state index contributed by atoms with van der Waals surface area (Å²) in [6.45, 7) is 2.20. The number of fused-ring (bicyclic) bond motifs is 1. The minimum Gasteiger partial charge on any atom is -0.507 e. The van der Waals surface area contributed by atoms with E-state index in [1.165, 1.54) is 4.90 Å². The monoisotopic (exact) mass is 504 g/mol. The van der Waals surface area contributed by atoms with Crippen LogP contribution in [-0.4, -0.2) is 32.8 Å². The van der Waals surface area contributed by atoms with Crippen LogP contribution in [0, 0.1) is 0 Å². The quantitative estimate of drug-likeness (QED) is 0.314. The molecule has 33 heavy (non-hydrogen) atoms. The first kappa shape index (κ1) is 21.4. The summed E-state index contributed by atoms with van der Waals surface area (Å²) in [5.41, 5.74) is 3.12.